The van der Waals surface area contributed by atoms with E-state index in [0.29, 0.717) is 25.0 Å². The van der Waals surface area contributed by atoms with E-state index >= 15 is 0 Å². The minimum atomic E-state index is -0.139. The lowest BCUT2D eigenvalue weighted by Crippen LogP contribution is -2.16. The summed E-state index contributed by atoms with van der Waals surface area (Å²) in [5, 5.41) is 8.53. The van der Waals surface area contributed by atoms with Crippen LogP contribution in [0.2, 0.25) is 0 Å². The molecule has 0 unspecified atom stereocenters. The second kappa shape index (κ2) is 5.75. The maximum Gasteiger partial charge on any atom is 0.133 e. The predicted molar refractivity (Wildman–Crippen MR) is 53.2 cm³/mol. The Morgan fingerprint density at radius 1 is 1.46 bits per heavy atom. The lowest BCUT2D eigenvalue weighted by molar-refractivity contribution is -0.121. The van der Waals surface area contributed by atoms with Crippen molar-refractivity contribution < 1.29 is 4.79 Å². The van der Waals surface area contributed by atoms with Gasteiger partial charge in [0.15, 0.2) is 0 Å². The summed E-state index contributed by atoms with van der Waals surface area (Å²) in [5.74, 6) is 0.294. The number of unbranched alkanes of at least 4 members (excludes halogenated alkanes) is 1. The zero-order valence-electron chi connectivity index (χ0n) is 8.89. The predicted octanol–water partition coefficient (Wildman–Crippen LogP) is 3.08. The Morgan fingerprint density at radius 2 is 2.08 bits per heavy atom. The number of hydrogen-bond acceptors (Lipinski definition) is 2. The fourth-order valence-electron chi connectivity index (χ4n) is 1.27. The molecule has 0 amide bonds. The van der Waals surface area contributed by atoms with Gasteiger partial charge in [-0.25, -0.2) is 0 Å². The van der Waals surface area contributed by atoms with Crippen LogP contribution in [0.1, 0.15) is 52.9 Å². The van der Waals surface area contributed by atoms with Crippen LogP contribution >= 0.6 is 0 Å². The van der Waals surface area contributed by atoms with Crippen molar-refractivity contribution in [2.75, 3.05) is 0 Å². The number of nitriles is 1. The molecule has 0 bridgehead atoms. The molecule has 0 saturated heterocycles. The second-order valence-electron chi connectivity index (χ2n) is 4.32. The van der Waals surface area contributed by atoms with Crippen LogP contribution in [-0.2, 0) is 4.79 Å². The summed E-state index contributed by atoms with van der Waals surface area (Å²) in [7, 11) is 0. The first-order valence-electron chi connectivity index (χ1n) is 4.90. The molecule has 2 nitrogen and oxygen atoms in total. The van der Waals surface area contributed by atoms with E-state index in [9.17, 15) is 4.79 Å². The Balaban J connectivity index is 3.83. The van der Waals surface area contributed by atoms with Gasteiger partial charge in [0, 0.05) is 19.3 Å². The lowest BCUT2D eigenvalue weighted by atomic mass is 9.83. The molecule has 0 aromatic carbocycles. The Labute approximate surface area is 80.9 Å². The third-order valence-corrected chi connectivity index (χ3v) is 2.04. The molecule has 0 atom stereocenters. The summed E-state index contributed by atoms with van der Waals surface area (Å²) in [4.78, 5) is 11.4. The van der Waals surface area contributed by atoms with Gasteiger partial charge < -0.3 is 0 Å². The van der Waals surface area contributed by atoms with Gasteiger partial charge in [0.2, 0.25) is 0 Å². The van der Waals surface area contributed by atoms with Crippen molar-refractivity contribution in [3.8, 4) is 6.07 Å². The van der Waals surface area contributed by atoms with Gasteiger partial charge in [-0.2, -0.15) is 5.26 Å². The summed E-state index contributed by atoms with van der Waals surface area (Å²) in [5.41, 5.74) is -0.139. The first-order valence-corrected chi connectivity index (χ1v) is 4.90. The monoisotopic (exact) mass is 181 g/mol. The van der Waals surface area contributed by atoms with E-state index in [4.69, 9.17) is 5.26 Å². The summed E-state index contributed by atoms with van der Waals surface area (Å²) in [6.07, 6.45) is 3.71. The largest absolute Gasteiger partial charge is 0.300 e. The van der Waals surface area contributed by atoms with Crippen LogP contribution in [0.4, 0.5) is 0 Å². The van der Waals surface area contributed by atoms with Crippen molar-refractivity contribution in [1.82, 2.24) is 0 Å². The molecule has 0 rings (SSSR count). The number of hydrogen-bond donors (Lipinski definition) is 0. The van der Waals surface area contributed by atoms with E-state index in [1.54, 1.807) is 0 Å². The van der Waals surface area contributed by atoms with Gasteiger partial charge in [-0.1, -0.05) is 27.2 Å². The summed E-state index contributed by atoms with van der Waals surface area (Å²) >= 11 is 0. The van der Waals surface area contributed by atoms with Gasteiger partial charge in [-0.3, -0.25) is 4.79 Å². The van der Waals surface area contributed by atoms with Crippen LogP contribution < -0.4 is 0 Å². The van der Waals surface area contributed by atoms with Gasteiger partial charge in [0.1, 0.15) is 5.78 Å². The zero-order valence-corrected chi connectivity index (χ0v) is 8.89. The molecule has 0 aromatic rings. The van der Waals surface area contributed by atoms with Crippen LogP contribution in [0.3, 0.4) is 0 Å². The van der Waals surface area contributed by atoms with Crippen LogP contribution in [0.5, 0.6) is 0 Å². The van der Waals surface area contributed by atoms with E-state index < -0.39 is 0 Å². The Kier molecular flexibility index (Phi) is 5.37. The smallest absolute Gasteiger partial charge is 0.133 e. The molecule has 0 aliphatic carbocycles. The molecule has 0 saturated carbocycles. The number of rotatable bonds is 6. The molecule has 0 aliphatic rings. The third-order valence-electron chi connectivity index (χ3n) is 2.04. The molecule has 0 fully saturated rings. The van der Waals surface area contributed by atoms with Gasteiger partial charge in [0.05, 0.1) is 6.07 Å². The Morgan fingerprint density at radius 3 is 2.54 bits per heavy atom. The summed E-state index contributed by atoms with van der Waals surface area (Å²) in [6, 6.07) is 2.12. The molecule has 0 heterocycles. The van der Waals surface area contributed by atoms with Crippen molar-refractivity contribution in [3.63, 3.8) is 0 Å². The van der Waals surface area contributed by atoms with Crippen molar-refractivity contribution >= 4 is 5.78 Å². The van der Waals surface area contributed by atoms with Gasteiger partial charge >= 0.3 is 0 Å². The fraction of sp³-hybridized carbons (Fsp3) is 0.818. The highest BCUT2D eigenvalue weighted by atomic mass is 16.1. The highest BCUT2D eigenvalue weighted by Gasteiger charge is 2.20. The average molecular weight is 181 g/mol. The van der Waals surface area contributed by atoms with E-state index in [-0.39, 0.29) is 5.41 Å². The minimum Gasteiger partial charge on any atom is -0.300 e. The first-order chi connectivity index (χ1) is 6.02. The molecular formula is C11H19NO. The maximum absolute atomic E-state index is 11.4. The summed E-state index contributed by atoms with van der Waals surface area (Å²) in [6.45, 7) is 6.02. The molecule has 2 heteroatoms. The topological polar surface area (TPSA) is 40.9 Å². The molecule has 13 heavy (non-hydrogen) atoms. The minimum absolute atomic E-state index is 0.139. The molecule has 0 N–H and O–H groups in total. The highest BCUT2D eigenvalue weighted by molar-refractivity contribution is 5.78. The summed E-state index contributed by atoms with van der Waals surface area (Å²) < 4.78 is 0. The number of ketones is 1. The zero-order chi connectivity index (χ0) is 10.3. The van der Waals surface area contributed by atoms with Gasteiger partial charge in [0.25, 0.3) is 0 Å². The SMILES string of the molecule is CCCCC(=O)CC(C)(C)CC#N. The molecule has 0 aromatic heterocycles. The third kappa shape index (κ3) is 6.33. The molecule has 0 aliphatic heterocycles. The van der Waals surface area contributed by atoms with Crippen LogP contribution in [0.15, 0.2) is 0 Å². The number of carbonyl (C=O) groups excluding carboxylic acids is 1. The number of Topliss-reactive ketones (excluding diaryl/α,β-unsaturated/α-hetero) is 1. The lowest BCUT2D eigenvalue weighted by Gasteiger charge is -2.19. The fourth-order valence-corrected chi connectivity index (χ4v) is 1.27. The van der Waals surface area contributed by atoms with Gasteiger partial charge in [-0.15, -0.1) is 0 Å². The second-order valence-corrected chi connectivity index (χ2v) is 4.32. The quantitative estimate of drug-likeness (QED) is 0.631. The van der Waals surface area contributed by atoms with Crippen LogP contribution in [0, 0.1) is 16.7 Å². The highest BCUT2D eigenvalue weighted by Crippen LogP contribution is 2.25. The van der Waals surface area contributed by atoms with Crippen LogP contribution in [-0.4, -0.2) is 5.78 Å². The van der Waals surface area contributed by atoms with Crippen molar-refractivity contribution in [1.29, 1.82) is 5.26 Å². The standard InChI is InChI=1S/C11H19NO/c1-4-5-6-10(13)9-11(2,3)7-8-12/h4-7,9H2,1-3H3. The van der Waals surface area contributed by atoms with Crippen molar-refractivity contribution in [2.24, 2.45) is 5.41 Å². The van der Waals surface area contributed by atoms with Gasteiger partial charge in [-0.05, 0) is 11.8 Å². The van der Waals surface area contributed by atoms with E-state index in [1.165, 1.54) is 0 Å². The normalized spacial score (nSPS) is 10.9. The average Bonchev–Trinajstić information content (AvgIpc) is 1.99. The first kappa shape index (κ1) is 12.2. The van der Waals surface area contributed by atoms with Crippen LogP contribution in [0.25, 0.3) is 0 Å². The number of carbonyl (C=O) groups is 1. The van der Waals surface area contributed by atoms with E-state index in [0.717, 1.165) is 12.8 Å². The molecule has 0 spiro atoms. The van der Waals surface area contributed by atoms with Crippen molar-refractivity contribution in [2.45, 2.75) is 52.9 Å². The van der Waals surface area contributed by atoms with E-state index in [1.807, 2.05) is 13.8 Å². The Hall–Kier alpha value is -0.840. The molecule has 0 radical (unpaired) electrons. The van der Waals surface area contributed by atoms with Crippen molar-refractivity contribution in [3.05, 3.63) is 0 Å². The number of nitrogens with zero attached hydrogens (tertiary/aromatic N) is 1. The Bertz CT molecular complexity index is 201. The van der Waals surface area contributed by atoms with E-state index in [2.05, 4.69) is 13.0 Å². The maximum atomic E-state index is 11.4. The molecule has 74 valence electrons. The molecular weight excluding hydrogens is 162 g/mol.